The molecule has 0 radical (unpaired) electrons. The van der Waals surface area contributed by atoms with Crippen LogP contribution in [-0.4, -0.2) is 28.6 Å². The minimum atomic E-state index is -0.590. The predicted molar refractivity (Wildman–Crippen MR) is 72.3 cm³/mol. The summed E-state index contributed by atoms with van der Waals surface area (Å²) in [5, 5.41) is 10.7. The van der Waals surface area contributed by atoms with Gasteiger partial charge in [-0.1, -0.05) is 0 Å². The van der Waals surface area contributed by atoms with Crippen LogP contribution in [0.4, 0.5) is 5.69 Å². The van der Waals surface area contributed by atoms with Gasteiger partial charge in [-0.15, -0.1) is 0 Å². The van der Waals surface area contributed by atoms with Crippen LogP contribution in [0.2, 0.25) is 0 Å². The zero-order valence-corrected chi connectivity index (χ0v) is 11.7. The van der Waals surface area contributed by atoms with Crippen molar-refractivity contribution in [3.8, 4) is 5.88 Å². The van der Waals surface area contributed by atoms with Crippen molar-refractivity contribution in [1.29, 1.82) is 0 Å². The SMILES string of the molecule is COc1nc(C=CC(=O)OC(C)(C)C)ccc1[N+](=O)[O-]. The minimum absolute atomic E-state index is 0.110. The second-order valence-corrected chi connectivity index (χ2v) is 4.89. The van der Waals surface area contributed by atoms with Crippen molar-refractivity contribution in [3.63, 3.8) is 0 Å². The topological polar surface area (TPSA) is 91.6 Å². The summed E-state index contributed by atoms with van der Waals surface area (Å²) in [6.07, 6.45) is 2.61. The van der Waals surface area contributed by atoms with Gasteiger partial charge < -0.3 is 9.47 Å². The van der Waals surface area contributed by atoms with Gasteiger partial charge in [0.25, 0.3) is 5.88 Å². The summed E-state index contributed by atoms with van der Waals surface area (Å²) < 4.78 is 9.92. The van der Waals surface area contributed by atoms with Crippen molar-refractivity contribution in [1.82, 2.24) is 4.98 Å². The van der Waals surface area contributed by atoms with E-state index in [-0.39, 0.29) is 11.6 Å². The smallest absolute Gasteiger partial charge is 0.331 e. The van der Waals surface area contributed by atoms with Crippen molar-refractivity contribution in [3.05, 3.63) is 34.0 Å². The molecule has 0 fully saturated rings. The Balaban J connectivity index is 2.88. The molecular formula is C13H16N2O5. The number of hydrogen-bond donors (Lipinski definition) is 0. The second kappa shape index (κ2) is 6.14. The Kier molecular flexibility index (Phi) is 4.79. The first-order valence-electron chi connectivity index (χ1n) is 5.83. The number of ether oxygens (including phenoxy) is 2. The number of aromatic nitrogens is 1. The van der Waals surface area contributed by atoms with Crippen LogP contribution in [0.25, 0.3) is 6.08 Å². The highest BCUT2D eigenvalue weighted by molar-refractivity contribution is 5.87. The van der Waals surface area contributed by atoms with Gasteiger partial charge in [0, 0.05) is 12.1 Å². The Labute approximate surface area is 116 Å². The fourth-order valence-electron chi connectivity index (χ4n) is 1.32. The first-order chi connectivity index (χ1) is 9.23. The minimum Gasteiger partial charge on any atom is -0.476 e. The Morgan fingerprint density at radius 3 is 2.55 bits per heavy atom. The number of nitrogens with zero attached hydrogens (tertiary/aromatic N) is 2. The van der Waals surface area contributed by atoms with Crippen LogP contribution in [0.3, 0.4) is 0 Å². The fraction of sp³-hybridized carbons (Fsp3) is 0.385. The molecule has 0 bridgehead atoms. The standard InChI is InChI=1S/C13H16N2O5/c1-13(2,3)20-11(16)8-6-9-5-7-10(15(17)18)12(14-9)19-4/h5-8H,1-4H3. The summed E-state index contributed by atoms with van der Waals surface area (Å²) in [7, 11) is 1.29. The van der Waals surface area contributed by atoms with Gasteiger partial charge in [-0.3, -0.25) is 10.1 Å². The molecule has 0 aliphatic heterocycles. The maximum absolute atomic E-state index is 11.5. The number of hydrogen-bond acceptors (Lipinski definition) is 6. The fourth-order valence-corrected chi connectivity index (χ4v) is 1.32. The molecule has 1 rings (SSSR count). The Bertz CT molecular complexity index is 546. The van der Waals surface area contributed by atoms with Crippen molar-refractivity contribution in [2.75, 3.05) is 7.11 Å². The quantitative estimate of drug-likeness (QED) is 0.364. The van der Waals surface area contributed by atoms with E-state index in [0.717, 1.165) is 0 Å². The lowest BCUT2D eigenvalue weighted by atomic mass is 10.2. The maximum atomic E-state index is 11.5. The lowest BCUT2D eigenvalue weighted by Gasteiger charge is -2.17. The molecule has 1 aromatic heterocycles. The molecule has 0 spiro atoms. The average Bonchev–Trinajstić information content (AvgIpc) is 2.33. The van der Waals surface area contributed by atoms with Gasteiger partial charge in [-0.25, -0.2) is 9.78 Å². The third-order valence-electron chi connectivity index (χ3n) is 2.05. The van der Waals surface area contributed by atoms with Gasteiger partial charge in [-0.2, -0.15) is 0 Å². The summed E-state index contributed by atoms with van der Waals surface area (Å²) in [5.74, 6) is -0.627. The second-order valence-electron chi connectivity index (χ2n) is 4.89. The third kappa shape index (κ3) is 4.68. The molecule has 1 aromatic rings. The predicted octanol–water partition coefficient (Wildman–Crippen LogP) is 2.35. The summed E-state index contributed by atoms with van der Waals surface area (Å²) >= 11 is 0. The summed E-state index contributed by atoms with van der Waals surface area (Å²) in [4.78, 5) is 25.5. The molecule has 0 aliphatic carbocycles. The van der Waals surface area contributed by atoms with E-state index in [0.29, 0.717) is 5.69 Å². The van der Waals surface area contributed by atoms with Crippen LogP contribution in [0, 0.1) is 10.1 Å². The average molecular weight is 280 g/mol. The van der Waals surface area contributed by atoms with E-state index in [1.165, 1.54) is 31.4 Å². The number of pyridine rings is 1. The molecule has 20 heavy (non-hydrogen) atoms. The lowest BCUT2D eigenvalue weighted by Crippen LogP contribution is -2.22. The normalized spacial score (nSPS) is 11.4. The van der Waals surface area contributed by atoms with Crippen LogP contribution >= 0.6 is 0 Å². The zero-order chi connectivity index (χ0) is 15.3. The molecule has 7 heteroatoms. The molecule has 0 aliphatic rings. The van der Waals surface area contributed by atoms with Gasteiger partial charge >= 0.3 is 11.7 Å². The molecule has 1 heterocycles. The highest BCUT2D eigenvalue weighted by Gasteiger charge is 2.16. The van der Waals surface area contributed by atoms with E-state index >= 15 is 0 Å². The van der Waals surface area contributed by atoms with Crippen LogP contribution in [0.15, 0.2) is 18.2 Å². The van der Waals surface area contributed by atoms with E-state index in [1.807, 2.05) is 0 Å². The monoisotopic (exact) mass is 280 g/mol. The molecule has 0 N–H and O–H groups in total. The van der Waals surface area contributed by atoms with Gasteiger partial charge in [0.05, 0.1) is 17.7 Å². The van der Waals surface area contributed by atoms with Gasteiger partial charge in [0.1, 0.15) is 5.60 Å². The number of nitro groups is 1. The van der Waals surface area contributed by atoms with Crippen molar-refractivity contribution in [2.24, 2.45) is 0 Å². The summed E-state index contributed by atoms with van der Waals surface area (Å²) in [5.41, 5.74) is -0.456. The summed E-state index contributed by atoms with van der Waals surface area (Å²) in [6, 6.07) is 2.68. The molecule has 0 unspecified atom stereocenters. The van der Waals surface area contributed by atoms with Crippen LogP contribution in [-0.2, 0) is 9.53 Å². The summed E-state index contributed by atoms with van der Waals surface area (Å²) in [6.45, 7) is 5.27. The molecule has 0 atom stereocenters. The Morgan fingerprint density at radius 2 is 2.05 bits per heavy atom. The highest BCUT2D eigenvalue weighted by Crippen LogP contribution is 2.24. The van der Waals surface area contributed by atoms with Crippen LogP contribution < -0.4 is 4.74 Å². The number of carbonyl (C=O) groups excluding carboxylic acids is 1. The van der Waals surface area contributed by atoms with E-state index in [4.69, 9.17) is 9.47 Å². The van der Waals surface area contributed by atoms with Crippen molar-refractivity contribution in [2.45, 2.75) is 26.4 Å². The van der Waals surface area contributed by atoms with E-state index in [9.17, 15) is 14.9 Å². The third-order valence-corrected chi connectivity index (χ3v) is 2.05. The number of esters is 1. The first-order valence-corrected chi connectivity index (χ1v) is 5.83. The molecule has 7 nitrogen and oxygen atoms in total. The van der Waals surface area contributed by atoms with Crippen LogP contribution in [0.5, 0.6) is 5.88 Å². The number of rotatable bonds is 4. The van der Waals surface area contributed by atoms with E-state index < -0.39 is 16.5 Å². The van der Waals surface area contributed by atoms with E-state index in [2.05, 4.69) is 4.98 Å². The van der Waals surface area contributed by atoms with Crippen molar-refractivity contribution >= 4 is 17.7 Å². The zero-order valence-electron chi connectivity index (χ0n) is 11.7. The van der Waals surface area contributed by atoms with Crippen LogP contribution in [0.1, 0.15) is 26.5 Å². The molecule has 0 aromatic carbocycles. The molecule has 0 amide bonds. The molecule has 0 saturated carbocycles. The Morgan fingerprint density at radius 1 is 1.40 bits per heavy atom. The van der Waals surface area contributed by atoms with Gasteiger partial charge in [0.2, 0.25) is 0 Å². The molecular weight excluding hydrogens is 264 g/mol. The maximum Gasteiger partial charge on any atom is 0.331 e. The Hall–Kier alpha value is -2.44. The highest BCUT2D eigenvalue weighted by atomic mass is 16.6. The number of carbonyl (C=O) groups is 1. The van der Waals surface area contributed by atoms with Gasteiger partial charge in [0.15, 0.2) is 0 Å². The first kappa shape index (κ1) is 15.6. The largest absolute Gasteiger partial charge is 0.476 e. The van der Waals surface area contributed by atoms with Gasteiger partial charge in [-0.05, 0) is 32.9 Å². The lowest BCUT2D eigenvalue weighted by molar-refractivity contribution is -0.386. The molecule has 0 saturated heterocycles. The van der Waals surface area contributed by atoms with E-state index in [1.54, 1.807) is 20.8 Å². The van der Waals surface area contributed by atoms with Crippen molar-refractivity contribution < 1.29 is 19.2 Å². The molecule has 108 valence electrons. The number of methoxy groups -OCH3 is 1.